The Morgan fingerprint density at radius 2 is 2.47 bits per heavy atom. The molecule has 2 aromatic rings. The lowest BCUT2D eigenvalue weighted by atomic mass is 10.3. The van der Waals surface area contributed by atoms with Crippen LogP contribution in [-0.4, -0.2) is 17.3 Å². The first-order chi connectivity index (χ1) is 8.25. The molecule has 0 aliphatic carbocycles. The van der Waals surface area contributed by atoms with Crippen molar-refractivity contribution in [2.75, 3.05) is 12.3 Å². The van der Waals surface area contributed by atoms with Crippen LogP contribution in [0.5, 0.6) is 0 Å². The Morgan fingerprint density at radius 1 is 1.59 bits per heavy atom. The maximum absolute atomic E-state index is 5.27. The van der Waals surface area contributed by atoms with Crippen LogP contribution in [0, 0.1) is 6.92 Å². The highest BCUT2D eigenvalue weighted by atomic mass is 32.2. The summed E-state index contributed by atoms with van der Waals surface area (Å²) < 4.78 is 5.27. The summed E-state index contributed by atoms with van der Waals surface area (Å²) in [6.45, 7) is 5.07. The second-order valence-electron chi connectivity index (χ2n) is 3.79. The normalized spacial score (nSPS) is 12.8. The van der Waals surface area contributed by atoms with Gasteiger partial charge in [0.1, 0.15) is 6.26 Å². The zero-order chi connectivity index (χ0) is 12.1. The second kappa shape index (κ2) is 6.23. The Bertz CT molecular complexity index is 439. The molecule has 3 nitrogen and oxygen atoms in total. The predicted molar refractivity (Wildman–Crippen MR) is 72.7 cm³/mol. The van der Waals surface area contributed by atoms with Gasteiger partial charge in [0.2, 0.25) is 0 Å². The van der Waals surface area contributed by atoms with E-state index in [4.69, 9.17) is 4.42 Å². The maximum Gasteiger partial charge on any atom is 0.255 e. The van der Waals surface area contributed by atoms with Crippen molar-refractivity contribution in [1.29, 1.82) is 0 Å². The van der Waals surface area contributed by atoms with Crippen molar-refractivity contribution >= 4 is 23.1 Å². The number of thioether (sulfide) groups is 1. The van der Waals surface area contributed by atoms with Crippen molar-refractivity contribution in [2.45, 2.75) is 25.1 Å². The first kappa shape index (κ1) is 12.7. The molecule has 2 heterocycles. The summed E-state index contributed by atoms with van der Waals surface area (Å²) in [5.74, 6) is 0.968. The fourth-order valence-electron chi connectivity index (χ4n) is 1.45. The van der Waals surface area contributed by atoms with Crippen molar-refractivity contribution in [3.05, 3.63) is 34.3 Å². The van der Waals surface area contributed by atoms with Crippen LogP contribution in [0.25, 0.3) is 0 Å². The van der Waals surface area contributed by atoms with E-state index < -0.39 is 0 Å². The largest absolute Gasteiger partial charge is 0.440 e. The molecule has 0 aliphatic heterocycles. The van der Waals surface area contributed by atoms with Crippen LogP contribution in [0.1, 0.15) is 23.5 Å². The van der Waals surface area contributed by atoms with E-state index in [9.17, 15) is 0 Å². The van der Waals surface area contributed by atoms with Crippen molar-refractivity contribution in [2.24, 2.45) is 0 Å². The van der Waals surface area contributed by atoms with Crippen molar-refractivity contribution in [3.8, 4) is 0 Å². The van der Waals surface area contributed by atoms with Gasteiger partial charge in [0.15, 0.2) is 0 Å². The first-order valence-electron chi connectivity index (χ1n) is 5.57. The SMILES string of the molecule is Cc1coc(SCCNC(C)c2cccs2)n1. The number of hydrogen-bond donors (Lipinski definition) is 1. The Kier molecular flexibility index (Phi) is 4.65. The van der Waals surface area contributed by atoms with Crippen LogP contribution < -0.4 is 5.32 Å². The van der Waals surface area contributed by atoms with E-state index in [1.807, 2.05) is 6.92 Å². The van der Waals surface area contributed by atoms with E-state index in [0.29, 0.717) is 6.04 Å². The van der Waals surface area contributed by atoms with E-state index in [1.54, 1.807) is 29.4 Å². The quantitative estimate of drug-likeness (QED) is 0.643. The molecular weight excluding hydrogens is 252 g/mol. The summed E-state index contributed by atoms with van der Waals surface area (Å²) >= 11 is 3.43. The number of thiophene rings is 1. The van der Waals surface area contributed by atoms with Gasteiger partial charge >= 0.3 is 0 Å². The van der Waals surface area contributed by atoms with Crippen LogP contribution in [0.15, 0.2) is 33.4 Å². The monoisotopic (exact) mass is 268 g/mol. The fourth-order valence-corrected chi connectivity index (χ4v) is 2.93. The third-order valence-corrected chi connectivity index (χ3v) is 4.24. The Balaban J connectivity index is 1.66. The topological polar surface area (TPSA) is 38.1 Å². The Hall–Kier alpha value is -0.780. The number of rotatable bonds is 6. The van der Waals surface area contributed by atoms with Crippen molar-refractivity contribution in [3.63, 3.8) is 0 Å². The number of oxazole rings is 1. The summed E-state index contributed by atoms with van der Waals surface area (Å²) in [5.41, 5.74) is 0.937. The first-order valence-corrected chi connectivity index (χ1v) is 7.44. The Morgan fingerprint density at radius 3 is 3.12 bits per heavy atom. The predicted octanol–water partition coefficient (Wildman–Crippen LogP) is 3.49. The lowest BCUT2D eigenvalue weighted by molar-refractivity contribution is 0.453. The fraction of sp³-hybridized carbons (Fsp3) is 0.417. The van der Waals surface area contributed by atoms with Gasteiger partial charge in [-0.15, -0.1) is 11.3 Å². The number of aryl methyl sites for hydroxylation is 1. The van der Waals surface area contributed by atoms with Gasteiger partial charge < -0.3 is 9.73 Å². The van der Waals surface area contributed by atoms with Gasteiger partial charge in [-0.05, 0) is 25.3 Å². The standard InChI is InChI=1S/C12H16N2OS2/c1-9-8-15-12(14-9)17-7-5-13-10(2)11-4-3-6-16-11/h3-4,6,8,10,13H,5,7H2,1-2H3. The van der Waals surface area contributed by atoms with E-state index >= 15 is 0 Å². The smallest absolute Gasteiger partial charge is 0.255 e. The highest BCUT2D eigenvalue weighted by Crippen LogP contribution is 2.19. The van der Waals surface area contributed by atoms with Gasteiger partial charge in [-0.3, -0.25) is 0 Å². The lowest BCUT2D eigenvalue weighted by Crippen LogP contribution is -2.20. The van der Waals surface area contributed by atoms with Crippen LogP contribution >= 0.6 is 23.1 Å². The zero-order valence-corrected chi connectivity index (χ0v) is 11.6. The summed E-state index contributed by atoms with van der Waals surface area (Å²) in [6.07, 6.45) is 1.68. The molecule has 0 radical (unpaired) electrons. The number of hydrogen-bond acceptors (Lipinski definition) is 5. The molecule has 1 atom stereocenters. The molecule has 0 amide bonds. The summed E-state index contributed by atoms with van der Waals surface area (Å²) in [6, 6.07) is 4.66. The van der Waals surface area contributed by atoms with Crippen molar-refractivity contribution in [1.82, 2.24) is 10.3 Å². The van der Waals surface area contributed by atoms with E-state index in [-0.39, 0.29) is 0 Å². The zero-order valence-electron chi connectivity index (χ0n) is 9.97. The summed E-state index contributed by atoms with van der Waals surface area (Å²) in [4.78, 5) is 5.62. The van der Waals surface area contributed by atoms with E-state index in [1.165, 1.54) is 4.88 Å². The van der Waals surface area contributed by atoms with E-state index in [2.05, 4.69) is 34.7 Å². The van der Waals surface area contributed by atoms with Gasteiger partial charge in [-0.1, -0.05) is 17.8 Å². The molecule has 0 aromatic carbocycles. The van der Waals surface area contributed by atoms with Gasteiger partial charge in [0, 0.05) is 23.2 Å². The molecule has 92 valence electrons. The van der Waals surface area contributed by atoms with Gasteiger partial charge in [-0.25, -0.2) is 4.98 Å². The van der Waals surface area contributed by atoms with E-state index in [0.717, 1.165) is 23.2 Å². The molecule has 1 unspecified atom stereocenters. The third kappa shape index (κ3) is 3.87. The molecule has 0 saturated carbocycles. The number of aromatic nitrogens is 1. The summed E-state index contributed by atoms with van der Waals surface area (Å²) in [5, 5.41) is 6.35. The van der Waals surface area contributed by atoms with Crippen molar-refractivity contribution < 1.29 is 4.42 Å². The minimum absolute atomic E-state index is 0.418. The molecule has 5 heteroatoms. The molecule has 0 aliphatic rings. The lowest BCUT2D eigenvalue weighted by Gasteiger charge is -2.10. The molecule has 0 saturated heterocycles. The Labute approximate surface area is 110 Å². The number of nitrogens with zero attached hydrogens (tertiary/aromatic N) is 1. The van der Waals surface area contributed by atoms with Gasteiger partial charge in [0.05, 0.1) is 5.69 Å². The molecule has 2 aromatic heterocycles. The average Bonchev–Trinajstić information content (AvgIpc) is 2.95. The van der Waals surface area contributed by atoms with Gasteiger partial charge in [-0.2, -0.15) is 0 Å². The van der Waals surface area contributed by atoms with Crippen LogP contribution in [-0.2, 0) is 0 Å². The molecule has 0 spiro atoms. The van der Waals surface area contributed by atoms with Crippen LogP contribution in [0.2, 0.25) is 0 Å². The third-order valence-electron chi connectivity index (χ3n) is 2.35. The minimum atomic E-state index is 0.418. The molecular formula is C12H16N2OS2. The molecule has 2 rings (SSSR count). The van der Waals surface area contributed by atoms with Crippen LogP contribution in [0.4, 0.5) is 0 Å². The minimum Gasteiger partial charge on any atom is -0.440 e. The molecule has 0 fully saturated rings. The van der Waals surface area contributed by atoms with Crippen LogP contribution in [0.3, 0.4) is 0 Å². The second-order valence-corrected chi connectivity index (χ2v) is 5.82. The molecule has 1 N–H and O–H groups in total. The average molecular weight is 268 g/mol. The highest BCUT2D eigenvalue weighted by molar-refractivity contribution is 7.99. The van der Waals surface area contributed by atoms with Gasteiger partial charge in [0.25, 0.3) is 5.22 Å². The maximum atomic E-state index is 5.27. The highest BCUT2D eigenvalue weighted by Gasteiger charge is 2.05. The molecule has 17 heavy (non-hydrogen) atoms. The number of nitrogens with one attached hydrogen (secondary N) is 1. The summed E-state index contributed by atoms with van der Waals surface area (Å²) in [7, 11) is 0. The molecule has 0 bridgehead atoms.